The molecule has 0 aliphatic heterocycles. The third-order valence-corrected chi connectivity index (χ3v) is 4.71. The van der Waals surface area contributed by atoms with Crippen molar-refractivity contribution in [3.05, 3.63) is 34.6 Å². The minimum absolute atomic E-state index is 0.140. The molecule has 1 saturated carbocycles. The number of nitrogens with one attached hydrogen (secondary N) is 1. The summed E-state index contributed by atoms with van der Waals surface area (Å²) in [5, 5.41) is 4.19. The highest BCUT2D eigenvalue weighted by Crippen LogP contribution is 2.47. The molecule has 1 aromatic carbocycles. The summed E-state index contributed by atoms with van der Waals surface area (Å²) in [5.74, 6) is -0.207. The van der Waals surface area contributed by atoms with Crippen molar-refractivity contribution < 1.29 is 4.39 Å². The zero-order valence-electron chi connectivity index (χ0n) is 11.8. The normalized spacial score (nSPS) is 20.2. The second-order valence-electron chi connectivity index (χ2n) is 5.87. The lowest BCUT2D eigenvalue weighted by molar-refractivity contribution is 0.146. The van der Waals surface area contributed by atoms with E-state index in [9.17, 15) is 4.39 Å². The Kier molecular flexibility index (Phi) is 4.86. The Morgan fingerprint density at radius 2 is 2.00 bits per heavy atom. The highest BCUT2D eigenvalue weighted by atomic mass is 35.5. The Hall–Kier alpha value is -0.600. The van der Waals surface area contributed by atoms with Gasteiger partial charge in [0.05, 0.1) is 0 Å². The molecule has 0 aromatic heterocycles. The van der Waals surface area contributed by atoms with Crippen LogP contribution in [0, 0.1) is 11.2 Å². The number of rotatable bonds is 4. The Labute approximate surface area is 120 Å². The second kappa shape index (κ2) is 6.23. The lowest BCUT2D eigenvalue weighted by Gasteiger charge is -2.42. The van der Waals surface area contributed by atoms with Crippen LogP contribution in [0.3, 0.4) is 0 Å². The van der Waals surface area contributed by atoms with Crippen LogP contribution in [0.25, 0.3) is 0 Å². The van der Waals surface area contributed by atoms with Gasteiger partial charge < -0.3 is 5.32 Å². The van der Waals surface area contributed by atoms with Gasteiger partial charge in [-0.1, -0.05) is 44.7 Å². The van der Waals surface area contributed by atoms with E-state index < -0.39 is 0 Å². The Balaban J connectivity index is 2.35. The fourth-order valence-corrected chi connectivity index (χ4v) is 3.55. The van der Waals surface area contributed by atoms with E-state index in [0.717, 1.165) is 12.1 Å². The van der Waals surface area contributed by atoms with Gasteiger partial charge in [-0.05, 0) is 48.6 Å². The molecule has 1 fully saturated rings. The number of benzene rings is 1. The molecule has 0 amide bonds. The predicted octanol–water partition coefficient (Wildman–Crippen LogP) is 5.10. The number of hydrogen-bond acceptors (Lipinski definition) is 1. The fraction of sp³-hybridized carbons (Fsp3) is 0.625. The second-order valence-corrected chi connectivity index (χ2v) is 6.28. The van der Waals surface area contributed by atoms with Crippen molar-refractivity contribution in [2.75, 3.05) is 6.54 Å². The van der Waals surface area contributed by atoms with Crippen LogP contribution in [-0.4, -0.2) is 6.54 Å². The average molecular weight is 284 g/mol. The first-order valence-corrected chi connectivity index (χ1v) is 7.63. The molecule has 0 heterocycles. The van der Waals surface area contributed by atoms with Crippen LogP contribution in [-0.2, 0) is 0 Å². The highest BCUT2D eigenvalue weighted by Gasteiger charge is 2.36. The summed E-state index contributed by atoms with van der Waals surface area (Å²) < 4.78 is 13.6. The molecule has 2 rings (SSSR count). The third kappa shape index (κ3) is 3.29. The molecule has 0 bridgehead atoms. The van der Waals surface area contributed by atoms with Gasteiger partial charge in [0, 0.05) is 11.1 Å². The molecule has 19 heavy (non-hydrogen) atoms. The van der Waals surface area contributed by atoms with Crippen molar-refractivity contribution in [3.8, 4) is 0 Å². The Morgan fingerprint density at radius 3 is 2.63 bits per heavy atom. The summed E-state index contributed by atoms with van der Waals surface area (Å²) >= 11 is 6.30. The van der Waals surface area contributed by atoms with Crippen LogP contribution in [0.2, 0.25) is 5.02 Å². The number of hydrogen-bond donors (Lipinski definition) is 1. The van der Waals surface area contributed by atoms with Gasteiger partial charge in [-0.3, -0.25) is 0 Å². The van der Waals surface area contributed by atoms with Crippen LogP contribution in [0.1, 0.15) is 57.6 Å². The summed E-state index contributed by atoms with van der Waals surface area (Å²) in [6.45, 7) is 5.26. The molecule has 0 saturated heterocycles. The first kappa shape index (κ1) is 14.8. The van der Waals surface area contributed by atoms with E-state index in [1.807, 2.05) is 0 Å². The molecule has 0 spiro atoms. The summed E-state index contributed by atoms with van der Waals surface area (Å²) in [6.07, 6.45) is 6.18. The summed E-state index contributed by atoms with van der Waals surface area (Å²) in [7, 11) is 0. The average Bonchev–Trinajstić information content (AvgIpc) is 2.40. The van der Waals surface area contributed by atoms with Crippen molar-refractivity contribution in [1.82, 2.24) is 5.32 Å². The zero-order valence-corrected chi connectivity index (χ0v) is 12.6. The van der Waals surface area contributed by atoms with E-state index in [0.29, 0.717) is 5.02 Å². The number of halogens is 2. The molecular weight excluding hydrogens is 261 g/mol. The van der Waals surface area contributed by atoms with E-state index in [-0.39, 0.29) is 17.3 Å². The maximum Gasteiger partial charge on any atom is 0.123 e. The molecule has 1 N–H and O–H groups in total. The molecule has 106 valence electrons. The predicted molar refractivity (Wildman–Crippen MR) is 79.0 cm³/mol. The maximum absolute atomic E-state index is 13.6. The topological polar surface area (TPSA) is 12.0 Å². The van der Waals surface area contributed by atoms with Crippen molar-refractivity contribution in [3.63, 3.8) is 0 Å². The third-order valence-electron chi connectivity index (χ3n) is 4.37. The monoisotopic (exact) mass is 283 g/mol. The lowest BCUT2D eigenvalue weighted by atomic mass is 9.68. The summed E-state index contributed by atoms with van der Waals surface area (Å²) in [5.41, 5.74) is 1.08. The molecule has 1 aromatic rings. The largest absolute Gasteiger partial charge is 0.310 e. The molecule has 1 unspecified atom stereocenters. The zero-order chi connectivity index (χ0) is 13.9. The molecule has 1 atom stereocenters. The highest BCUT2D eigenvalue weighted by molar-refractivity contribution is 6.31. The van der Waals surface area contributed by atoms with E-state index in [1.54, 1.807) is 12.1 Å². The molecule has 1 nitrogen and oxygen atoms in total. The van der Waals surface area contributed by atoms with E-state index in [1.165, 1.54) is 38.2 Å². The minimum Gasteiger partial charge on any atom is -0.310 e. The van der Waals surface area contributed by atoms with E-state index in [4.69, 9.17) is 11.6 Å². The van der Waals surface area contributed by atoms with Gasteiger partial charge in [-0.25, -0.2) is 4.39 Å². The van der Waals surface area contributed by atoms with Crippen LogP contribution >= 0.6 is 11.6 Å². The van der Waals surface area contributed by atoms with Crippen molar-refractivity contribution >= 4 is 11.6 Å². The van der Waals surface area contributed by atoms with Gasteiger partial charge in [0.2, 0.25) is 0 Å². The summed E-state index contributed by atoms with van der Waals surface area (Å²) in [4.78, 5) is 0. The Bertz CT molecular complexity index is 427. The van der Waals surface area contributed by atoms with Crippen LogP contribution < -0.4 is 5.32 Å². The van der Waals surface area contributed by atoms with Gasteiger partial charge in [0.15, 0.2) is 0 Å². The van der Waals surface area contributed by atoms with Crippen molar-refractivity contribution in [2.45, 2.75) is 52.0 Å². The molecule has 1 aliphatic carbocycles. The standard InChI is InChI=1S/C16H23ClFN/c1-3-19-15(16(2)9-5-4-6-10-16)13-11-12(18)7-8-14(13)17/h7-8,11,15,19H,3-6,9-10H2,1-2H3. The van der Waals surface area contributed by atoms with Crippen molar-refractivity contribution in [1.29, 1.82) is 0 Å². The van der Waals surface area contributed by atoms with Crippen molar-refractivity contribution in [2.24, 2.45) is 5.41 Å². The maximum atomic E-state index is 13.6. The van der Waals surface area contributed by atoms with Gasteiger partial charge in [0.25, 0.3) is 0 Å². The SMILES string of the molecule is CCNC(c1cc(F)ccc1Cl)C1(C)CCCCC1. The molecule has 0 radical (unpaired) electrons. The minimum atomic E-state index is -0.207. The lowest BCUT2D eigenvalue weighted by Crippen LogP contribution is -2.38. The van der Waals surface area contributed by atoms with Gasteiger partial charge >= 0.3 is 0 Å². The Morgan fingerprint density at radius 1 is 1.32 bits per heavy atom. The fourth-order valence-electron chi connectivity index (χ4n) is 3.32. The van der Waals surface area contributed by atoms with Crippen LogP contribution in [0.15, 0.2) is 18.2 Å². The van der Waals surface area contributed by atoms with E-state index >= 15 is 0 Å². The van der Waals surface area contributed by atoms with E-state index in [2.05, 4.69) is 19.2 Å². The smallest absolute Gasteiger partial charge is 0.123 e. The summed E-state index contributed by atoms with van der Waals surface area (Å²) in [6, 6.07) is 4.83. The molecule has 3 heteroatoms. The molecular formula is C16H23ClFN. The first-order chi connectivity index (χ1) is 9.07. The quantitative estimate of drug-likeness (QED) is 0.810. The van der Waals surface area contributed by atoms with Gasteiger partial charge in [-0.15, -0.1) is 0 Å². The van der Waals surface area contributed by atoms with Gasteiger partial charge in [-0.2, -0.15) is 0 Å². The van der Waals surface area contributed by atoms with Crippen LogP contribution in [0.4, 0.5) is 4.39 Å². The van der Waals surface area contributed by atoms with Crippen LogP contribution in [0.5, 0.6) is 0 Å². The first-order valence-electron chi connectivity index (χ1n) is 7.25. The molecule has 1 aliphatic rings. The van der Waals surface area contributed by atoms with Gasteiger partial charge in [0.1, 0.15) is 5.82 Å².